The first-order valence-electron chi connectivity index (χ1n) is 2.77. The minimum absolute atomic E-state index is 0.343. The molecular weight excluding hydrogens is 205 g/mol. The predicted molar refractivity (Wildman–Crippen MR) is 40.2 cm³/mol. The highest BCUT2D eigenvalue weighted by Crippen LogP contribution is 2.40. The maximum Gasteiger partial charge on any atom is 0.415 e. The molecule has 0 bridgehead atoms. The summed E-state index contributed by atoms with van der Waals surface area (Å²) in [5.41, 5.74) is 0. The molecule has 1 aromatic heterocycles. The fraction of sp³-hybridized carbons (Fsp3) is 0.333. The van der Waals surface area contributed by atoms with E-state index in [-0.39, 0.29) is 5.88 Å². The Balaban J connectivity index is 2.66. The van der Waals surface area contributed by atoms with Crippen molar-refractivity contribution in [1.82, 2.24) is 14.8 Å². The molecule has 9 heteroatoms. The van der Waals surface area contributed by atoms with Crippen LogP contribution in [0, 0.1) is 0 Å². The highest BCUT2D eigenvalue weighted by atomic mass is 32.8. The van der Waals surface area contributed by atoms with Crippen LogP contribution in [0.5, 0.6) is 0 Å². The number of rotatable bonds is 3. The predicted octanol–water partition coefficient (Wildman–Crippen LogP) is -0.923. The lowest BCUT2D eigenvalue weighted by Gasteiger charge is -2.02. The first-order chi connectivity index (χ1) is 5.50. The van der Waals surface area contributed by atoms with Crippen LogP contribution in [-0.4, -0.2) is 28.8 Å². The highest BCUT2D eigenvalue weighted by Gasteiger charge is 2.23. The van der Waals surface area contributed by atoms with Crippen molar-refractivity contribution in [3.63, 3.8) is 0 Å². The number of hydrogen-bond donors (Lipinski definition) is 2. The van der Waals surface area contributed by atoms with E-state index in [0.717, 1.165) is 4.68 Å². The molecule has 0 saturated heterocycles. The molecule has 1 rings (SSSR count). The fourth-order valence-electron chi connectivity index (χ4n) is 0.488. The monoisotopic (exact) mass is 211 g/mol. The van der Waals surface area contributed by atoms with Gasteiger partial charge in [0.1, 0.15) is 18.5 Å². The van der Waals surface area contributed by atoms with Crippen molar-refractivity contribution in [2.75, 3.05) is 0 Å². The standard InChI is InChI=1S/C3H6N3O4PS/c7-11(8,9)12(10)3-6-2-4-1-5-6/h1-2H,3H2,(H2,7,8,9). The van der Waals surface area contributed by atoms with Gasteiger partial charge >= 0.3 is 6.80 Å². The summed E-state index contributed by atoms with van der Waals surface area (Å²) in [5, 5.41) is 3.54. The minimum atomic E-state index is -4.51. The van der Waals surface area contributed by atoms with Crippen molar-refractivity contribution in [1.29, 1.82) is 0 Å². The second-order valence-electron chi connectivity index (χ2n) is 1.88. The third-order valence-corrected chi connectivity index (χ3v) is 3.93. The highest BCUT2D eigenvalue weighted by molar-refractivity contribution is 8.44. The van der Waals surface area contributed by atoms with Gasteiger partial charge in [-0.15, -0.1) is 0 Å². The van der Waals surface area contributed by atoms with E-state index < -0.39 is 17.2 Å². The molecule has 0 aliphatic rings. The summed E-state index contributed by atoms with van der Waals surface area (Å²) >= 11 is 0. The van der Waals surface area contributed by atoms with Crippen LogP contribution in [0.1, 0.15) is 0 Å². The summed E-state index contributed by atoms with van der Waals surface area (Å²) in [4.78, 5) is 20.4. The normalized spacial score (nSPS) is 14.5. The number of nitrogens with zero attached hydrogens (tertiary/aromatic N) is 3. The molecule has 68 valence electrons. The van der Waals surface area contributed by atoms with Crippen molar-refractivity contribution in [2.45, 2.75) is 5.88 Å². The van der Waals surface area contributed by atoms with Crippen molar-refractivity contribution >= 4 is 17.2 Å². The molecule has 0 aromatic carbocycles. The molecule has 2 N–H and O–H groups in total. The third kappa shape index (κ3) is 2.49. The maximum absolute atomic E-state index is 10.8. The van der Waals surface area contributed by atoms with Gasteiger partial charge in [-0.05, 0) is 0 Å². The topological polar surface area (TPSA) is 105 Å². The maximum atomic E-state index is 10.8. The van der Waals surface area contributed by atoms with Crippen LogP contribution >= 0.6 is 6.80 Å². The van der Waals surface area contributed by atoms with Crippen LogP contribution in [0.15, 0.2) is 12.7 Å². The molecule has 0 spiro atoms. The van der Waals surface area contributed by atoms with Gasteiger partial charge in [-0.3, -0.25) is 0 Å². The van der Waals surface area contributed by atoms with E-state index in [1.54, 1.807) is 0 Å². The first kappa shape index (κ1) is 9.53. The van der Waals surface area contributed by atoms with Crippen molar-refractivity contribution in [3.8, 4) is 0 Å². The summed E-state index contributed by atoms with van der Waals surface area (Å²) in [6.07, 6.45) is 2.42. The summed E-state index contributed by atoms with van der Waals surface area (Å²) in [6, 6.07) is 0. The molecule has 0 aliphatic carbocycles. The SMILES string of the molecule is O=S(Cn1cncn1)P(=O)(O)O. The molecule has 0 radical (unpaired) electrons. The van der Waals surface area contributed by atoms with Gasteiger partial charge in [-0.25, -0.2) is 18.4 Å². The molecule has 0 saturated carbocycles. The third-order valence-electron chi connectivity index (χ3n) is 0.975. The van der Waals surface area contributed by atoms with Gasteiger partial charge < -0.3 is 9.79 Å². The van der Waals surface area contributed by atoms with Gasteiger partial charge in [0.15, 0.2) is 10.4 Å². The van der Waals surface area contributed by atoms with Gasteiger partial charge in [0.05, 0.1) is 0 Å². The zero-order chi connectivity index (χ0) is 9.19. The van der Waals surface area contributed by atoms with Crippen LogP contribution < -0.4 is 0 Å². The molecular formula is C3H6N3O4PS. The molecule has 0 amide bonds. The Morgan fingerprint density at radius 2 is 2.25 bits per heavy atom. The van der Waals surface area contributed by atoms with Crippen LogP contribution in [0.3, 0.4) is 0 Å². The fourth-order valence-corrected chi connectivity index (χ4v) is 1.80. The van der Waals surface area contributed by atoms with E-state index in [4.69, 9.17) is 9.79 Å². The van der Waals surface area contributed by atoms with Crippen molar-refractivity contribution in [2.24, 2.45) is 0 Å². The average Bonchev–Trinajstić information content (AvgIpc) is 2.37. The van der Waals surface area contributed by atoms with Gasteiger partial charge in [0, 0.05) is 0 Å². The van der Waals surface area contributed by atoms with E-state index in [9.17, 15) is 8.77 Å². The molecule has 1 unspecified atom stereocenters. The Bertz CT molecular complexity index is 318. The Kier molecular flexibility index (Phi) is 2.73. The van der Waals surface area contributed by atoms with E-state index >= 15 is 0 Å². The molecule has 12 heavy (non-hydrogen) atoms. The quantitative estimate of drug-likeness (QED) is 0.626. The first-order valence-corrected chi connectivity index (χ1v) is 6.31. The van der Waals surface area contributed by atoms with E-state index in [2.05, 4.69) is 10.1 Å². The molecule has 1 atom stereocenters. The largest absolute Gasteiger partial charge is 0.415 e. The van der Waals surface area contributed by atoms with Crippen LogP contribution in [0.2, 0.25) is 0 Å². The van der Waals surface area contributed by atoms with E-state index in [1.807, 2.05) is 0 Å². The summed E-state index contributed by atoms with van der Waals surface area (Å²) < 4.78 is 22.3. The van der Waals surface area contributed by atoms with E-state index in [1.165, 1.54) is 12.7 Å². The lowest BCUT2D eigenvalue weighted by atomic mass is 11.2. The summed E-state index contributed by atoms with van der Waals surface area (Å²) in [5.74, 6) is -0.343. The Morgan fingerprint density at radius 3 is 2.67 bits per heavy atom. The van der Waals surface area contributed by atoms with E-state index in [0.29, 0.717) is 0 Å². The molecule has 0 aliphatic heterocycles. The summed E-state index contributed by atoms with van der Waals surface area (Å²) in [6.45, 7) is -4.51. The minimum Gasteiger partial charge on any atom is -0.315 e. The second kappa shape index (κ2) is 3.44. The van der Waals surface area contributed by atoms with Gasteiger partial charge in [-0.1, -0.05) is 0 Å². The second-order valence-corrected chi connectivity index (χ2v) is 6.41. The smallest absolute Gasteiger partial charge is 0.315 e. The van der Waals surface area contributed by atoms with Gasteiger partial charge in [0.2, 0.25) is 0 Å². The zero-order valence-corrected chi connectivity index (χ0v) is 7.48. The van der Waals surface area contributed by atoms with Crippen molar-refractivity contribution < 1.29 is 18.6 Å². The number of aromatic nitrogens is 3. The van der Waals surface area contributed by atoms with Gasteiger partial charge in [-0.2, -0.15) is 5.10 Å². The Morgan fingerprint density at radius 1 is 1.58 bits per heavy atom. The molecule has 1 aromatic rings. The number of hydrogen-bond acceptors (Lipinski definition) is 4. The Labute approximate surface area is 69.8 Å². The van der Waals surface area contributed by atoms with Crippen LogP contribution in [0.25, 0.3) is 0 Å². The van der Waals surface area contributed by atoms with Crippen LogP contribution in [0.4, 0.5) is 0 Å². The molecule has 1 heterocycles. The Hall–Kier alpha value is -0.560. The molecule has 0 fully saturated rings. The zero-order valence-electron chi connectivity index (χ0n) is 5.77. The van der Waals surface area contributed by atoms with Crippen molar-refractivity contribution in [3.05, 3.63) is 12.7 Å². The summed E-state index contributed by atoms with van der Waals surface area (Å²) in [7, 11) is -2.24. The lowest BCUT2D eigenvalue weighted by Crippen LogP contribution is -2.04. The van der Waals surface area contributed by atoms with Gasteiger partial charge in [0.25, 0.3) is 0 Å². The average molecular weight is 211 g/mol. The molecule has 7 nitrogen and oxygen atoms in total. The lowest BCUT2D eigenvalue weighted by molar-refractivity contribution is 0.393. The van der Waals surface area contributed by atoms with Crippen LogP contribution in [-0.2, 0) is 20.9 Å².